The fraction of sp³-hybridized carbons (Fsp3) is 0.318. The van der Waals surface area contributed by atoms with E-state index in [1.807, 2.05) is 24.3 Å². The number of amides is 2. The molecule has 0 saturated carbocycles. The van der Waals surface area contributed by atoms with Gasteiger partial charge in [-0.1, -0.05) is 36.4 Å². The van der Waals surface area contributed by atoms with Crippen LogP contribution in [0.2, 0.25) is 0 Å². The van der Waals surface area contributed by atoms with E-state index in [0.717, 1.165) is 24.1 Å². The number of fused-ring (bicyclic) bond motifs is 1. The zero-order valence-corrected chi connectivity index (χ0v) is 16.1. The van der Waals surface area contributed by atoms with Crippen molar-refractivity contribution in [2.45, 2.75) is 38.8 Å². The lowest BCUT2D eigenvalue weighted by Crippen LogP contribution is -2.46. The molecule has 0 aliphatic carbocycles. The van der Waals surface area contributed by atoms with E-state index in [2.05, 4.69) is 5.32 Å². The molecule has 2 unspecified atom stereocenters. The van der Waals surface area contributed by atoms with Gasteiger partial charge in [0.15, 0.2) is 6.10 Å². The second kappa shape index (κ2) is 8.69. The summed E-state index contributed by atoms with van der Waals surface area (Å²) in [6.07, 6.45) is 0.860. The van der Waals surface area contributed by atoms with Crippen LogP contribution in [-0.4, -0.2) is 36.5 Å². The maximum Gasteiger partial charge on any atom is 0.329 e. The molecule has 1 aliphatic heterocycles. The van der Waals surface area contributed by atoms with Crippen molar-refractivity contribution in [3.05, 3.63) is 65.7 Å². The molecule has 0 spiro atoms. The van der Waals surface area contributed by atoms with Crippen LogP contribution in [0.25, 0.3) is 0 Å². The number of nitrogens with one attached hydrogen (secondary N) is 1. The average molecular weight is 380 g/mol. The number of rotatable bonds is 5. The molecule has 1 heterocycles. The maximum atomic E-state index is 12.8. The van der Waals surface area contributed by atoms with Crippen LogP contribution in [0.3, 0.4) is 0 Å². The third-order valence-corrected chi connectivity index (χ3v) is 4.75. The van der Waals surface area contributed by atoms with Gasteiger partial charge in [0.05, 0.1) is 0 Å². The summed E-state index contributed by atoms with van der Waals surface area (Å²) in [5.41, 5.74) is 2.44. The Bertz CT molecular complexity index is 866. The van der Waals surface area contributed by atoms with Gasteiger partial charge in [-0.2, -0.15) is 0 Å². The average Bonchev–Trinajstić information content (AvgIpc) is 2.73. The second-order valence-electron chi connectivity index (χ2n) is 6.86. The van der Waals surface area contributed by atoms with Gasteiger partial charge in [0.25, 0.3) is 11.8 Å². The van der Waals surface area contributed by atoms with Crippen molar-refractivity contribution in [3.8, 4) is 0 Å². The fourth-order valence-electron chi connectivity index (χ4n) is 3.24. The number of para-hydroxylation sites is 1. The largest absolute Gasteiger partial charge is 0.451 e. The summed E-state index contributed by atoms with van der Waals surface area (Å²) in [6.45, 7) is 3.69. The van der Waals surface area contributed by atoms with Crippen LogP contribution in [0.4, 0.5) is 5.69 Å². The SMILES string of the molecule is CC(NC(=O)c1ccccc1)C(=O)OC(C)C(=O)N1CCCc2ccccc21. The van der Waals surface area contributed by atoms with Gasteiger partial charge in [-0.05, 0) is 50.5 Å². The highest BCUT2D eigenvalue weighted by Crippen LogP contribution is 2.27. The number of hydrogen-bond donors (Lipinski definition) is 1. The maximum absolute atomic E-state index is 12.8. The summed E-state index contributed by atoms with van der Waals surface area (Å²) in [6, 6.07) is 15.5. The summed E-state index contributed by atoms with van der Waals surface area (Å²) < 4.78 is 5.33. The number of aryl methyl sites for hydroxylation is 1. The Morgan fingerprint density at radius 3 is 2.43 bits per heavy atom. The molecule has 6 nitrogen and oxygen atoms in total. The molecule has 3 rings (SSSR count). The highest BCUT2D eigenvalue weighted by atomic mass is 16.5. The molecule has 2 atom stereocenters. The van der Waals surface area contributed by atoms with Gasteiger partial charge in [-0.3, -0.25) is 9.59 Å². The Kier molecular flexibility index (Phi) is 6.09. The molecular weight excluding hydrogens is 356 g/mol. The number of carbonyl (C=O) groups excluding carboxylic acids is 3. The van der Waals surface area contributed by atoms with Gasteiger partial charge in [0, 0.05) is 17.8 Å². The molecule has 1 aliphatic rings. The molecule has 2 aromatic carbocycles. The van der Waals surface area contributed by atoms with Crippen molar-refractivity contribution >= 4 is 23.5 Å². The zero-order chi connectivity index (χ0) is 20.1. The van der Waals surface area contributed by atoms with E-state index in [-0.39, 0.29) is 11.8 Å². The molecule has 0 aromatic heterocycles. The minimum atomic E-state index is -0.935. The minimum absolute atomic E-state index is 0.262. The predicted molar refractivity (Wildman–Crippen MR) is 106 cm³/mol. The van der Waals surface area contributed by atoms with Gasteiger partial charge in [-0.15, -0.1) is 0 Å². The minimum Gasteiger partial charge on any atom is -0.451 e. The Morgan fingerprint density at radius 1 is 1.00 bits per heavy atom. The first-order valence-electron chi connectivity index (χ1n) is 9.43. The second-order valence-corrected chi connectivity index (χ2v) is 6.86. The molecule has 0 radical (unpaired) electrons. The van der Waals surface area contributed by atoms with Crippen molar-refractivity contribution in [1.29, 1.82) is 0 Å². The van der Waals surface area contributed by atoms with Crippen molar-refractivity contribution in [1.82, 2.24) is 5.32 Å². The van der Waals surface area contributed by atoms with Crippen LogP contribution >= 0.6 is 0 Å². The standard InChI is InChI=1S/C22H24N2O4/c1-15(23-20(25)18-10-4-3-5-11-18)22(27)28-16(2)21(26)24-14-8-12-17-9-6-7-13-19(17)24/h3-7,9-11,13,15-16H,8,12,14H2,1-2H3,(H,23,25). The first-order valence-corrected chi connectivity index (χ1v) is 9.43. The first kappa shape index (κ1) is 19.6. The summed E-state index contributed by atoms with van der Waals surface area (Å²) in [4.78, 5) is 39.0. The van der Waals surface area contributed by atoms with E-state index in [4.69, 9.17) is 4.74 Å². The summed E-state index contributed by atoms with van der Waals surface area (Å²) >= 11 is 0. The molecule has 0 saturated heterocycles. The smallest absolute Gasteiger partial charge is 0.329 e. The van der Waals surface area contributed by atoms with Crippen LogP contribution in [-0.2, 0) is 20.7 Å². The molecule has 1 N–H and O–H groups in total. The van der Waals surface area contributed by atoms with Crippen LogP contribution in [0.1, 0.15) is 36.2 Å². The Labute approximate surface area is 164 Å². The van der Waals surface area contributed by atoms with Crippen LogP contribution in [0.15, 0.2) is 54.6 Å². The Morgan fingerprint density at radius 2 is 1.68 bits per heavy atom. The Balaban J connectivity index is 1.59. The van der Waals surface area contributed by atoms with E-state index in [1.54, 1.807) is 42.2 Å². The highest BCUT2D eigenvalue weighted by molar-refractivity contribution is 5.99. The molecule has 0 bridgehead atoms. The van der Waals surface area contributed by atoms with Crippen molar-refractivity contribution in [3.63, 3.8) is 0 Å². The summed E-state index contributed by atoms with van der Waals surface area (Å²) in [5, 5.41) is 2.60. The van der Waals surface area contributed by atoms with Gasteiger partial charge < -0.3 is 15.0 Å². The van der Waals surface area contributed by atoms with Gasteiger partial charge in [0.1, 0.15) is 6.04 Å². The van der Waals surface area contributed by atoms with E-state index >= 15 is 0 Å². The molecule has 28 heavy (non-hydrogen) atoms. The number of benzene rings is 2. The van der Waals surface area contributed by atoms with Crippen molar-refractivity contribution in [2.24, 2.45) is 0 Å². The topological polar surface area (TPSA) is 75.7 Å². The highest BCUT2D eigenvalue weighted by Gasteiger charge is 2.29. The van der Waals surface area contributed by atoms with Crippen LogP contribution in [0.5, 0.6) is 0 Å². The summed E-state index contributed by atoms with van der Waals surface area (Å²) in [5.74, 6) is -1.27. The lowest BCUT2D eigenvalue weighted by molar-refractivity contribution is -0.155. The third kappa shape index (κ3) is 4.39. The monoisotopic (exact) mass is 380 g/mol. The van der Waals surface area contributed by atoms with E-state index in [9.17, 15) is 14.4 Å². The van der Waals surface area contributed by atoms with Crippen LogP contribution < -0.4 is 10.2 Å². The van der Waals surface area contributed by atoms with Crippen molar-refractivity contribution < 1.29 is 19.1 Å². The van der Waals surface area contributed by atoms with Crippen LogP contribution in [0, 0.1) is 0 Å². The molecule has 146 valence electrons. The molecule has 6 heteroatoms. The number of anilines is 1. The molecule has 2 aromatic rings. The number of nitrogens with zero attached hydrogens (tertiary/aromatic N) is 1. The molecular formula is C22H24N2O4. The van der Waals surface area contributed by atoms with E-state index in [0.29, 0.717) is 12.1 Å². The zero-order valence-electron chi connectivity index (χ0n) is 16.1. The van der Waals surface area contributed by atoms with Gasteiger partial charge >= 0.3 is 5.97 Å². The lowest BCUT2D eigenvalue weighted by atomic mass is 10.0. The fourth-order valence-corrected chi connectivity index (χ4v) is 3.24. The predicted octanol–water partition coefficient (Wildman–Crippen LogP) is 2.72. The number of ether oxygens (including phenoxy) is 1. The lowest BCUT2D eigenvalue weighted by Gasteiger charge is -2.31. The van der Waals surface area contributed by atoms with Gasteiger partial charge in [-0.25, -0.2) is 4.79 Å². The van der Waals surface area contributed by atoms with E-state index in [1.165, 1.54) is 6.92 Å². The summed E-state index contributed by atoms with van der Waals surface area (Å²) in [7, 11) is 0. The molecule has 2 amide bonds. The third-order valence-electron chi connectivity index (χ3n) is 4.75. The normalized spacial score (nSPS) is 15.1. The number of esters is 1. The number of hydrogen-bond acceptors (Lipinski definition) is 4. The van der Waals surface area contributed by atoms with Crippen molar-refractivity contribution in [2.75, 3.05) is 11.4 Å². The number of carbonyl (C=O) groups is 3. The Hall–Kier alpha value is -3.15. The molecule has 0 fully saturated rings. The quantitative estimate of drug-likeness (QED) is 0.810. The first-order chi connectivity index (χ1) is 13.5. The van der Waals surface area contributed by atoms with Gasteiger partial charge in [0.2, 0.25) is 0 Å². The van der Waals surface area contributed by atoms with E-state index < -0.39 is 18.1 Å².